The summed E-state index contributed by atoms with van der Waals surface area (Å²) in [6.07, 6.45) is 40.0. The van der Waals surface area contributed by atoms with E-state index in [9.17, 15) is 14.3 Å². The molecule has 0 amide bonds. The highest BCUT2D eigenvalue weighted by Crippen LogP contribution is 2.43. The number of hydrogen-bond donors (Lipinski definition) is 2. The highest BCUT2D eigenvalue weighted by atomic mass is 31.2. The Hall–Kier alpha value is -1.18. The van der Waals surface area contributed by atoms with E-state index in [0.717, 1.165) is 32.1 Å². The summed E-state index contributed by atoms with van der Waals surface area (Å²) in [7, 11) is -4.26. The normalized spacial score (nSPS) is 13.8. The Balaban J connectivity index is 4.11. The van der Waals surface area contributed by atoms with Crippen LogP contribution in [0, 0.1) is 0 Å². The Morgan fingerprint density at radius 1 is 0.625 bits per heavy atom. The molecule has 2 atom stereocenters. The molecule has 2 unspecified atom stereocenters. The zero-order valence-electron chi connectivity index (χ0n) is 31.2. The van der Waals surface area contributed by atoms with Gasteiger partial charge in [-0.3, -0.25) is 13.8 Å². The molecule has 0 bridgehead atoms. The van der Waals surface area contributed by atoms with Gasteiger partial charge in [0.25, 0.3) is 0 Å². The van der Waals surface area contributed by atoms with Crippen LogP contribution in [-0.4, -0.2) is 43.3 Å². The molecule has 0 aliphatic heterocycles. The van der Waals surface area contributed by atoms with Crippen LogP contribution in [0.4, 0.5) is 0 Å². The van der Waals surface area contributed by atoms with Crippen molar-refractivity contribution in [3.8, 4) is 0 Å². The van der Waals surface area contributed by atoms with E-state index in [4.69, 9.17) is 24.3 Å². The van der Waals surface area contributed by atoms with Crippen molar-refractivity contribution in [3.63, 3.8) is 0 Å². The fourth-order valence-electron chi connectivity index (χ4n) is 5.45. The molecule has 8 nitrogen and oxygen atoms in total. The maximum Gasteiger partial charge on any atom is 0.472 e. The second-order valence-electron chi connectivity index (χ2n) is 13.2. The van der Waals surface area contributed by atoms with Crippen molar-refractivity contribution in [1.29, 1.82) is 0 Å². The number of unbranched alkanes of at least 4 members (excludes halogenated alkanes) is 23. The number of hydrogen-bond acceptors (Lipinski definition) is 7. The van der Waals surface area contributed by atoms with Crippen molar-refractivity contribution in [3.05, 3.63) is 24.5 Å². The Morgan fingerprint density at radius 2 is 1.06 bits per heavy atom. The summed E-state index contributed by atoms with van der Waals surface area (Å²) in [6.45, 7) is 4.20. The molecule has 48 heavy (non-hydrogen) atoms. The van der Waals surface area contributed by atoms with E-state index in [1.54, 1.807) is 6.26 Å². The molecule has 0 aromatic rings. The molecule has 9 heteroatoms. The van der Waals surface area contributed by atoms with E-state index in [2.05, 4.69) is 26.0 Å². The summed E-state index contributed by atoms with van der Waals surface area (Å²) in [6, 6.07) is 0. The minimum Gasteiger partial charge on any atom is -0.492 e. The monoisotopic (exact) mass is 702 g/mol. The number of nitrogens with two attached hydrogens (primary N) is 1. The lowest BCUT2D eigenvalue weighted by Gasteiger charge is -2.19. The first-order valence-electron chi connectivity index (χ1n) is 19.9. The second kappa shape index (κ2) is 37.1. The first-order valence-corrected chi connectivity index (χ1v) is 21.4. The summed E-state index contributed by atoms with van der Waals surface area (Å²) in [4.78, 5) is 22.2. The zero-order chi connectivity index (χ0) is 35.2. The fraction of sp³-hybridized carbons (Fsp3) is 0.872. The van der Waals surface area contributed by atoms with E-state index in [1.165, 1.54) is 135 Å². The minimum absolute atomic E-state index is 0.0636. The molecule has 0 spiro atoms. The molecule has 0 aromatic heterocycles. The van der Waals surface area contributed by atoms with Gasteiger partial charge in [0.15, 0.2) is 6.10 Å². The van der Waals surface area contributed by atoms with Crippen molar-refractivity contribution < 1.29 is 32.8 Å². The Labute approximate surface area is 296 Å². The second-order valence-corrected chi connectivity index (χ2v) is 14.7. The molecule has 0 aliphatic rings. The van der Waals surface area contributed by atoms with Gasteiger partial charge >= 0.3 is 13.8 Å². The van der Waals surface area contributed by atoms with Gasteiger partial charge in [0.2, 0.25) is 0 Å². The summed E-state index contributed by atoms with van der Waals surface area (Å²) >= 11 is 0. The lowest BCUT2D eigenvalue weighted by Crippen LogP contribution is -2.25. The van der Waals surface area contributed by atoms with Crippen molar-refractivity contribution in [2.45, 2.75) is 193 Å². The number of allylic oxidation sites excluding steroid dienone is 3. The summed E-state index contributed by atoms with van der Waals surface area (Å²) in [5.74, 6) is -0.294. The zero-order valence-corrected chi connectivity index (χ0v) is 32.1. The number of carbonyl (C=O) groups excluding carboxylic acids is 1. The van der Waals surface area contributed by atoms with Crippen LogP contribution in [0.25, 0.3) is 0 Å². The van der Waals surface area contributed by atoms with Gasteiger partial charge in [0.05, 0.1) is 19.5 Å². The standard InChI is InChI=1S/C39H76NO7P/c1-3-5-7-9-11-13-15-17-19-20-22-24-26-28-30-32-39(41)45-36-38(37-47-48(42,43)46-35-33-40)44-34-31-29-27-25-23-21-18-16-14-12-10-8-6-4-2/h13,15,31,34,38H,3-12,14,16-30,32-33,35-37,40H2,1-2H3,(H,42,43). The topological polar surface area (TPSA) is 117 Å². The van der Waals surface area contributed by atoms with Crippen molar-refractivity contribution in [1.82, 2.24) is 0 Å². The molecule has 0 heterocycles. The van der Waals surface area contributed by atoms with Gasteiger partial charge in [-0.15, -0.1) is 0 Å². The molecule has 3 N–H and O–H groups in total. The highest BCUT2D eigenvalue weighted by Gasteiger charge is 2.24. The number of phosphoric acid groups is 1. The van der Waals surface area contributed by atoms with Crippen molar-refractivity contribution >= 4 is 13.8 Å². The quantitative estimate of drug-likeness (QED) is 0.0215. The van der Waals surface area contributed by atoms with Crippen LogP contribution in [0.3, 0.4) is 0 Å². The van der Waals surface area contributed by atoms with Crippen LogP contribution in [-0.2, 0) is 27.9 Å². The number of carbonyl (C=O) groups is 1. The molecule has 0 saturated heterocycles. The van der Waals surface area contributed by atoms with Crippen molar-refractivity contribution in [2.75, 3.05) is 26.4 Å². The molecular weight excluding hydrogens is 625 g/mol. The van der Waals surface area contributed by atoms with Gasteiger partial charge in [-0.25, -0.2) is 4.57 Å². The van der Waals surface area contributed by atoms with E-state index in [1.807, 2.05) is 6.08 Å². The van der Waals surface area contributed by atoms with E-state index in [0.29, 0.717) is 6.42 Å². The van der Waals surface area contributed by atoms with E-state index in [-0.39, 0.29) is 32.3 Å². The summed E-state index contributed by atoms with van der Waals surface area (Å²) < 4.78 is 33.1. The fourth-order valence-corrected chi connectivity index (χ4v) is 6.21. The molecular formula is C39H76NO7P. The molecule has 0 aromatic carbocycles. The predicted molar refractivity (Wildman–Crippen MR) is 201 cm³/mol. The largest absolute Gasteiger partial charge is 0.492 e. The molecule has 284 valence electrons. The summed E-state index contributed by atoms with van der Waals surface area (Å²) in [5, 5.41) is 0. The molecule has 0 aliphatic carbocycles. The smallest absolute Gasteiger partial charge is 0.472 e. The minimum atomic E-state index is -4.26. The van der Waals surface area contributed by atoms with E-state index < -0.39 is 13.9 Å². The molecule has 0 fully saturated rings. The average molecular weight is 702 g/mol. The van der Waals surface area contributed by atoms with E-state index >= 15 is 0 Å². The third-order valence-electron chi connectivity index (χ3n) is 8.46. The van der Waals surface area contributed by atoms with Crippen LogP contribution in [0.1, 0.15) is 187 Å². The third-order valence-corrected chi connectivity index (χ3v) is 9.44. The number of phosphoric ester groups is 1. The van der Waals surface area contributed by atoms with Crippen LogP contribution < -0.4 is 5.73 Å². The van der Waals surface area contributed by atoms with Gasteiger partial charge in [-0.2, -0.15) is 0 Å². The van der Waals surface area contributed by atoms with Crippen LogP contribution in [0.5, 0.6) is 0 Å². The third kappa shape index (κ3) is 36.1. The molecule has 0 radical (unpaired) electrons. The molecule has 0 rings (SSSR count). The number of ether oxygens (including phenoxy) is 2. The maximum absolute atomic E-state index is 12.4. The first kappa shape index (κ1) is 46.8. The summed E-state index contributed by atoms with van der Waals surface area (Å²) in [5.41, 5.74) is 5.35. The SMILES string of the molecule is CCCCCCC=CCCCCCCCCCC(=O)OCC(COP(=O)(O)OCCN)OC=CCCCCCCCCCCCCCC. The Morgan fingerprint density at radius 3 is 1.56 bits per heavy atom. The first-order chi connectivity index (χ1) is 23.4. The lowest BCUT2D eigenvalue weighted by atomic mass is 10.0. The number of rotatable bonds is 38. The van der Waals surface area contributed by atoms with Gasteiger partial charge in [-0.1, -0.05) is 148 Å². The predicted octanol–water partition coefficient (Wildman–Crippen LogP) is 11.6. The maximum atomic E-state index is 12.4. The average Bonchev–Trinajstić information content (AvgIpc) is 3.08. The Kier molecular flexibility index (Phi) is 36.2. The Bertz CT molecular complexity index is 792. The van der Waals surface area contributed by atoms with Crippen molar-refractivity contribution in [2.24, 2.45) is 5.73 Å². The number of esters is 1. The highest BCUT2D eigenvalue weighted by molar-refractivity contribution is 7.47. The van der Waals surface area contributed by atoms with Gasteiger partial charge in [-0.05, 0) is 51.0 Å². The van der Waals surface area contributed by atoms with Crippen LogP contribution >= 0.6 is 7.82 Å². The van der Waals surface area contributed by atoms with Crippen LogP contribution in [0.15, 0.2) is 24.5 Å². The van der Waals surface area contributed by atoms with Gasteiger partial charge < -0.3 is 20.1 Å². The van der Waals surface area contributed by atoms with Crippen LogP contribution in [0.2, 0.25) is 0 Å². The van der Waals surface area contributed by atoms with Gasteiger partial charge in [0, 0.05) is 13.0 Å². The molecule has 0 saturated carbocycles. The lowest BCUT2D eigenvalue weighted by molar-refractivity contribution is -0.147. The van der Waals surface area contributed by atoms with Gasteiger partial charge in [0.1, 0.15) is 6.61 Å².